The van der Waals surface area contributed by atoms with Crippen LogP contribution in [0.1, 0.15) is 29.0 Å². The molecule has 1 N–H and O–H groups in total. The fraction of sp³-hybridized carbons (Fsp3) is 0.167. The number of carbonyl (C=O) groups is 2. The Morgan fingerprint density at radius 2 is 1.47 bits per heavy atom. The molecule has 30 heavy (non-hydrogen) atoms. The predicted molar refractivity (Wildman–Crippen MR) is 120 cm³/mol. The summed E-state index contributed by atoms with van der Waals surface area (Å²) in [6.45, 7) is 1.39. The van der Waals surface area contributed by atoms with Gasteiger partial charge >= 0.3 is 5.97 Å². The minimum absolute atomic E-state index is 0.118. The van der Waals surface area contributed by atoms with Crippen LogP contribution in [0.2, 0.25) is 10.0 Å². The Kier molecular flexibility index (Phi) is 7.50. The predicted octanol–water partition coefficient (Wildman–Crippen LogP) is 6.01. The van der Waals surface area contributed by atoms with Crippen LogP contribution in [-0.4, -0.2) is 18.5 Å². The van der Waals surface area contributed by atoms with Gasteiger partial charge in [0.1, 0.15) is 0 Å². The van der Waals surface area contributed by atoms with Crippen molar-refractivity contribution in [2.24, 2.45) is 0 Å². The molecule has 0 radical (unpaired) electrons. The second-order valence-electron chi connectivity index (χ2n) is 6.84. The number of nitrogens with one attached hydrogen (secondary N) is 1. The number of aryl methyl sites for hydroxylation is 1. The van der Waals surface area contributed by atoms with Crippen LogP contribution in [0.25, 0.3) is 0 Å². The van der Waals surface area contributed by atoms with Crippen molar-refractivity contribution in [3.63, 3.8) is 0 Å². The van der Waals surface area contributed by atoms with Gasteiger partial charge < -0.3 is 10.1 Å². The number of benzene rings is 3. The maximum atomic E-state index is 12.5. The molecule has 1 amide bonds. The van der Waals surface area contributed by atoms with Crippen molar-refractivity contribution in [3.8, 4) is 0 Å². The zero-order chi connectivity index (χ0) is 21.5. The first kappa shape index (κ1) is 21.9. The number of ether oxygens (including phenoxy) is 1. The summed E-state index contributed by atoms with van der Waals surface area (Å²) in [5.74, 6) is -1.14. The summed E-state index contributed by atoms with van der Waals surface area (Å²) in [6.07, 6.45) is 0.118. The molecule has 0 unspecified atom stereocenters. The topological polar surface area (TPSA) is 55.4 Å². The third-order valence-corrected chi connectivity index (χ3v) is 5.49. The Morgan fingerprint density at radius 3 is 2.03 bits per heavy atom. The smallest absolute Gasteiger partial charge is 0.307 e. The lowest BCUT2D eigenvalue weighted by molar-refractivity contribution is -0.147. The van der Waals surface area contributed by atoms with Gasteiger partial charge in [0, 0.05) is 5.92 Å². The zero-order valence-electron chi connectivity index (χ0n) is 16.4. The molecule has 6 heteroatoms. The van der Waals surface area contributed by atoms with Crippen molar-refractivity contribution in [2.75, 3.05) is 11.9 Å². The van der Waals surface area contributed by atoms with Crippen molar-refractivity contribution in [1.29, 1.82) is 0 Å². The summed E-state index contributed by atoms with van der Waals surface area (Å²) in [5.41, 5.74) is 3.10. The highest BCUT2D eigenvalue weighted by atomic mass is 35.5. The lowest BCUT2D eigenvalue weighted by atomic mass is 9.89. The summed E-state index contributed by atoms with van der Waals surface area (Å²) in [6, 6.07) is 22.9. The van der Waals surface area contributed by atoms with E-state index >= 15 is 0 Å². The van der Waals surface area contributed by atoms with Gasteiger partial charge in [-0.1, -0.05) is 89.9 Å². The third kappa shape index (κ3) is 5.62. The normalized spacial score (nSPS) is 10.7. The third-order valence-electron chi connectivity index (χ3n) is 4.69. The van der Waals surface area contributed by atoms with Crippen molar-refractivity contribution in [2.45, 2.75) is 19.3 Å². The number of rotatable bonds is 7. The lowest BCUT2D eigenvalue weighted by Gasteiger charge is -2.17. The maximum absolute atomic E-state index is 12.5. The van der Waals surface area contributed by atoms with Crippen LogP contribution in [0.4, 0.5) is 5.69 Å². The molecule has 0 aromatic heterocycles. The monoisotopic (exact) mass is 441 g/mol. The Balaban J connectivity index is 1.64. The van der Waals surface area contributed by atoms with E-state index in [4.69, 9.17) is 27.9 Å². The molecule has 0 fully saturated rings. The fourth-order valence-electron chi connectivity index (χ4n) is 3.12. The Hall–Kier alpha value is -2.82. The number of hydrogen-bond acceptors (Lipinski definition) is 3. The fourth-order valence-corrected chi connectivity index (χ4v) is 3.58. The second-order valence-corrected chi connectivity index (χ2v) is 7.63. The van der Waals surface area contributed by atoms with E-state index in [0.29, 0.717) is 15.7 Å². The molecule has 0 saturated heterocycles. The molecule has 0 atom stereocenters. The SMILES string of the molecule is Cc1ccc(Cl)c(NC(=O)COC(=O)CC(c2ccccc2)c2ccccc2)c1Cl. The van der Waals surface area contributed by atoms with Crippen LogP contribution >= 0.6 is 23.2 Å². The van der Waals surface area contributed by atoms with E-state index in [1.807, 2.05) is 67.6 Å². The Labute approximate surface area is 185 Å². The van der Waals surface area contributed by atoms with Gasteiger partial charge in [0.2, 0.25) is 0 Å². The second kappa shape index (κ2) is 10.3. The quantitative estimate of drug-likeness (QED) is 0.457. The van der Waals surface area contributed by atoms with E-state index in [0.717, 1.165) is 16.7 Å². The summed E-state index contributed by atoms with van der Waals surface area (Å²) >= 11 is 12.3. The minimum atomic E-state index is -0.506. The summed E-state index contributed by atoms with van der Waals surface area (Å²) < 4.78 is 5.22. The van der Waals surface area contributed by atoms with Crippen LogP contribution in [0.5, 0.6) is 0 Å². The molecule has 0 bridgehead atoms. The van der Waals surface area contributed by atoms with Gasteiger partial charge in [0.25, 0.3) is 5.91 Å². The van der Waals surface area contributed by atoms with Crippen LogP contribution in [0.3, 0.4) is 0 Å². The molecule has 0 aliphatic heterocycles. The highest BCUT2D eigenvalue weighted by molar-refractivity contribution is 6.40. The first-order valence-corrected chi connectivity index (χ1v) is 10.2. The molecule has 0 spiro atoms. The van der Waals surface area contributed by atoms with E-state index in [2.05, 4.69) is 5.32 Å². The van der Waals surface area contributed by atoms with Crippen molar-refractivity contribution < 1.29 is 14.3 Å². The summed E-state index contributed by atoms with van der Waals surface area (Å²) in [7, 11) is 0. The number of hydrogen-bond donors (Lipinski definition) is 1. The van der Waals surface area contributed by atoms with Gasteiger partial charge in [-0.3, -0.25) is 9.59 Å². The molecular weight excluding hydrogens is 421 g/mol. The first-order valence-electron chi connectivity index (χ1n) is 9.45. The van der Waals surface area contributed by atoms with Crippen LogP contribution in [-0.2, 0) is 14.3 Å². The molecule has 0 heterocycles. The summed E-state index contributed by atoms with van der Waals surface area (Å²) in [4.78, 5) is 24.7. The molecule has 0 saturated carbocycles. The number of carbonyl (C=O) groups excluding carboxylic acids is 2. The molecule has 154 valence electrons. The first-order chi connectivity index (χ1) is 14.5. The highest BCUT2D eigenvalue weighted by Gasteiger charge is 2.20. The van der Waals surface area contributed by atoms with Crippen LogP contribution in [0.15, 0.2) is 72.8 Å². The van der Waals surface area contributed by atoms with Crippen molar-refractivity contribution >= 4 is 40.8 Å². The van der Waals surface area contributed by atoms with E-state index in [-0.39, 0.29) is 12.3 Å². The average Bonchev–Trinajstić information content (AvgIpc) is 2.77. The molecule has 3 aromatic carbocycles. The summed E-state index contributed by atoms with van der Waals surface area (Å²) in [5, 5.41) is 3.29. The number of anilines is 1. The van der Waals surface area contributed by atoms with Crippen molar-refractivity contribution in [3.05, 3.63) is 99.5 Å². The van der Waals surface area contributed by atoms with E-state index in [9.17, 15) is 9.59 Å². The molecule has 4 nitrogen and oxygen atoms in total. The molecule has 0 aliphatic carbocycles. The Morgan fingerprint density at radius 1 is 0.900 bits per heavy atom. The van der Waals surface area contributed by atoms with Gasteiger partial charge in [-0.05, 0) is 29.7 Å². The van der Waals surface area contributed by atoms with Gasteiger partial charge in [0.05, 0.1) is 22.2 Å². The minimum Gasteiger partial charge on any atom is -0.456 e. The van der Waals surface area contributed by atoms with Gasteiger partial charge in [0.15, 0.2) is 6.61 Å². The number of amides is 1. The lowest BCUT2D eigenvalue weighted by Crippen LogP contribution is -2.22. The van der Waals surface area contributed by atoms with E-state index in [1.54, 1.807) is 12.1 Å². The Bertz CT molecular complexity index is 984. The number of halogens is 2. The largest absolute Gasteiger partial charge is 0.456 e. The van der Waals surface area contributed by atoms with E-state index in [1.165, 1.54) is 0 Å². The molecule has 0 aliphatic rings. The average molecular weight is 442 g/mol. The number of esters is 1. The van der Waals surface area contributed by atoms with Gasteiger partial charge in [-0.2, -0.15) is 0 Å². The molecule has 3 rings (SSSR count). The molecule has 3 aromatic rings. The van der Waals surface area contributed by atoms with Crippen molar-refractivity contribution in [1.82, 2.24) is 0 Å². The highest BCUT2D eigenvalue weighted by Crippen LogP contribution is 2.33. The molecular formula is C24H21Cl2NO3. The van der Waals surface area contributed by atoms with Crippen LogP contribution in [0, 0.1) is 6.92 Å². The van der Waals surface area contributed by atoms with Crippen LogP contribution < -0.4 is 5.32 Å². The zero-order valence-corrected chi connectivity index (χ0v) is 17.9. The van der Waals surface area contributed by atoms with Gasteiger partial charge in [-0.25, -0.2) is 0 Å². The standard InChI is InChI=1S/C24H21Cl2NO3/c1-16-12-13-20(25)24(23(16)26)27-21(28)15-30-22(29)14-19(17-8-4-2-5-9-17)18-10-6-3-7-11-18/h2-13,19H,14-15H2,1H3,(H,27,28). The van der Waals surface area contributed by atoms with Gasteiger partial charge in [-0.15, -0.1) is 0 Å². The maximum Gasteiger partial charge on any atom is 0.307 e. The van der Waals surface area contributed by atoms with E-state index < -0.39 is 18.5 Å².